The molecule has 0 spiro atoms. The number of hydrogen-bond acceptors (Lipinski definition) is 7. The van der Waals surface area contributed by atoms with Gasteiger partial charge in [-0.25, -0.2) is 18.2 Å². The van der Waals surface area contributed by atoms with Crippen LogP contribution in [-0.4, -0.2) is 54.3 Å². The number of carbonyl (C=O) groups is 1. The van der Waals surface area contributed by atoms with Gasteiger partial charge in [0.1, 0.15) is 5.75 Å². The molecule has 1 amide bonds. The third-order valence-electron chi connectivity index (χ3n) is 4.88. The van der Waals surface area contributed by atoms with Crippen molar-refractivity contribution < 1.29 is 35.9 Å². The smallest absolute Gasteiger partial charge is 0.406 e. The van der Waals surface area contributed by atoms with Gasteiger partial charge in [0.05, 0.1) is 4.90 Å². The third-order valence-corrected chi connectivity index (χ3v) is 6.76. The average Bonchev–Trinajstić information content (AvgIpc) is 3.57. The summed E-state index contributed by atoms with van der Waals surface area (Å²) in [6, 6.07) is 5.61. The number of aromatic nitrogens is 2. The van der Waals surface area contributed by atoms with E-state index in [1.54, 1.807) is 6.08 Å². The summed E-state index contributed by atoms with van der Waals surface area (Å²) < 4.78 is 72.7. The maximum absolute atomic E-state index is 12.8. The van der Waals surface area contributed by atoms with Crippen molar-refractivity contribution in [1.82, 2.24) is 19.6 Å². The first-order valence-electron chi connectivity index (χ1n) is 9.97. The summed E-state index contributed by atoms with van der Waals surface area (Å²) in [7, 11) is -3.92. The maximum Gasteiger partial charge on any atom is 0.573 e. The second-order valence-corrected chi connectivity index (χ2v) is 9.33. The second-order valence-electron chi connectivity index (χ2n) is 7.39. The van der Waals surface area contributed by atoms with Gasteiger partial charge in [-0.3, -0.25) is 0 Å². The van der Waals surface area contributed by atoms with E-state index in [2.05, 4.69) is 20.0 Å². The number of sulfonamides is 1. The zero-order valence-corrected chi connectivity index (χ0v) is 17.9. The Morgan fingerprint density at radius 2 is 1.88 bits per heavy atom. The van der Waals surface area contributed by atoms with Crippen molar-refractivity contribution >= 4 is 21.7 Å². The summed E-state index contributed by atoms with van der Waals surface area (Å²) in [6.45, 7) is 0.140. The number of rotatable bonds is 6. The van der Waals surface area contributed by atoms with Crippen LogP contribution in [-0.2, 0) is 10.0 Å². The number of hydrogen-bond donors (Lipinski definition) is 1. The molecule has 1 aromatic heterocycles. The number of carbonyl (C=O) groups excluding carboxylic acids is 1. The summed E-state index contributed by atoms with van der Waals surface area (Å²) in [6.07, 6.45) is -0.235. The number of nitrogens with zero attached hydrogens (tertiary/aromatic N) is 3. The van der Waals surface area contributed by atoms with E-state index in [-0.39, 0.29) is 29.9 Å². The van der Waals surface area contributed by atoms with Gasteiger partial charge < -0.3 is 14.8 Å². The van der Waals surface area contributed by atoms with Crippen molar-refractivity contribution in [3.8, 4) is 11.6 Å². The summed E-state index contributed by atoms with van der Waals surface area (Å²) in [5, 5.41) is 2.68. The molecule has 0 bridgehead atoms. The monoisotopic (exact) mass is 484 g/mol. The number of alkyl halides is 3. The van der Waals surface area contributed by atoms with Crippen LogP contribution in [0.15, 0.2) is 47.5 Å². The quantitative estimate of drug-likeness (QED) is 0.671. The van der Waals surface area contributed by atoms with Crippen molar-refractivity contribution in [3.63, 3.8) is 0 Å². The van der Waals surface area contributed by atoms with Gasteiger partial charge in [0.2, 0.25) is 15.9 Å². The van der Waals surface area contributed by atoms with Crippen molar-refractivity contribution in [2.45, 2.75) is 36.6 Å². The van der Waals surface area contributed by atoms with Gasteiger partial charge in [0.25, 0.3) is 0 Å². The molecule has 1 aliphatic carbocycles. The first kappa shape index (κ1) is 23.0. The van der Waals surface area contributed by atoms with E-state index in [1.807, 2.05) is 0 Å². The van der Waals surface area contributed by atoms with Gasteiger partial charge in [-0.1, -0.05) is 6.08 Å². The van der Waals surface area contributed by atoms with Gasteiger partial charge in [0.15, 0.2) is 5.82 Å². The molecule has 176 valence electrons. The highest BCUT2D eigenvalue weighted by molar-refractivity contribution is 7.89. The minimum absolute atomic E-state index is 0.0229. The van der Waals surface area contributed by atoms with Gasteiger partial charge in [0, 0.05) is 31.4 Å². The molecule has 9 nitrogen and oxygen atoms in total. The average molecular weight is 484 g/mol. The van der Waals surface area contributed by atoms with Crippen molar-refractivity contribution in [2.24, 2.45) is 0 Å². The molecule has 2 heterocycles. The Labute approximate surface area is 187 Å². The van der Waals surface area contributed by atoms with Crippen LogP contribution in [0.25, 0.3) is 5.57 Å². The van der Waals surface area contributed by atoms with Crippen LogP contribution in [0.5, 0.6) is 11.6 Å². The molecule has 1 N–H and O–H groups in total. The van der Waals surface area contributed by atoms with Crippen LogP contribution in [0, 0.1) is 0 Å². The lowest BCUT2D eigenvalue weighted by Gasteiger charge is -2.25. The zero-order chi connectivity index (χ0) is 23.6. The first-order chi connectivity index (χ1) is 15.6. The molecule has 0 radical (unpaired) electrons. The Balaban J connectivity index is 1.41. The predicted octanol–water partition coefficient (Wildman–Crippen LogP) is 3.10. The molecule has 0 saturated heterocycles. The van der Waals surface area contributed by atoms with E-state index >= 15 is 0 Å². The minimum Gasteiger partial charge on any atom is -0.406 e. The molecule has 0 unspecified atom stereocenters. The van der Waals surface area contributed by atoms with E-state index in [9.17, 15) is 26.4 Å². The number of benzene rings is 1. The van der Waals surface area contributed by atoms with Crippen molar-refractivity contribution in [2.75, 3.05) is 13.1 Å². The Hall–Kier alpha value is -3.19. The van der Waals surface area contributed by atoms with Gasteiger partial charge in [-0.05, 0) is 49.1 Å². The first-order valence-corrected chi connectivity index (χ1v) is 11.4. The highest BCUT2D eigenvalue weighted by Crippen LogP contribution is 2.28. The molecule has 1 aromatic carbocycles. The largest absolute Gasteiger partial charge is 0.573 e. The fraction of sp³-hybridized carbons (Fsp3) is 0.350. The molecular weight excluding hydrogens is 465 g/mol. The molecule has 33 heavy (non-hydrogen) atoms. The van der Waals surface area contributed by atoms with Crippen LogP contribution >= 0.6 is 0 Å². The normalized spacial score (nSPS) is 17.2. The predicted molar refractivity (Wildman–Crippen MR) is 109 cm³/mol. The number of halogens is 3. The lowest BCUT2D eigenvalue weighted by atomic mass is 10.1. The fourth-order valence-electron chi connectivity index (χ4n) is 3.11. The minimum atomic E-state index is -4.86. The Bertz CT molecular complexity index is 1160. The van der Waals surface area contributed by atoms with Crippen molar-refractivity contribution in [3.05, 3.63) is 48.4 Å². The molecule has 2 aliphatic rings. The van der Waals surface area contributed by atoms with Crippen LogP contribution in [0.2, 0.25) is 0 Å². The summed E-state index contributed by atoms with van der Waals surface area (Å²) in [4.78, 5) is 20.0. The second kappa shape index (κ2) is 8.98. The van der Waals surface area contributed by atoms with Crippen LogP contribution in [0.4, 0.5) is 18.0 Å². The molecule has 4 rings (SSSR count). The van der Waals surface area contributed by atoms with Crippen LogP contribution in [0.3, 0.4) is 0 Å². The van der Waals surface area contributed by atoms with Gasteiger partial charge in [-0.2, -0.15) is 9.29 Å². The Morgan fingerprint density at radius 3 is 2.48 bits per heavy atom. The van der Waals surface area contributed by atoms with E-state index in [4.69, 9.17) is 4.74 Å². The standard InChI is InChI=1S/C20H19F3N4O5S/c21-20(22,23)32-15-3-5-16(6-4-15)33(29,30)27-11-8-13(9-12-27)18-24-10-7-17(26-18)31-19(28)25-14-1-2-14/h3-8,10,14H,1-2,9,11-12H2,(H,25,28). The zero-order valence-electron chi connectivity index (χ0n) is 17.1. The number of nitrogens with one attached hydrogen (secondary N) is 1. The molecule has 0 atom stereocenters. The molecular formula is C20H19F3N4O5S. The SMILES string of the molecule is O=C(NC1CC1)Oc1ccnc(C2=CCN(S(=O)(=O)c3ccc(OC(F)(F)F)cc3)CC2)n1. The van der Waals surface area contributed by atoms with E-state index in [0.717, 1.165) is 37.1 Å². The third kappa shape index (κ3) is 5.99. The van der Waals surface area contributed by atoms with E-state index in [0.29, 0.717) is 17.8 Å². The number of ether oxygens (including phenoxy) is 2. The van der Waals surface area contributed by atoms with Crippen molar-refractivity contribution in [1.29, 1.82) is 0 Å². The molecule has 13 heteroatoms. The Kier molecular flexibility index (Phi) is 6.26. The molecule has 1 aliphatic heterocycles. The molecule has 1 saturated carbocycles. The highest BCUT2D eigenvalue weighted by atomic mass is 32.2. The van der Waals surface area contributed by atoms with Gasteiger partial charge in [-0.15, -0.1) is 13.2 Å². The van der Waals surface area contributed by atoms with E-state index in [1.165, 1.54) is 16.6 Å². The topological polar surface area (TPSA) is 111 Å². The Morgan fingerprint density at radius 1 is 1.15 bits per heavy atom. The molecule has 1 fully saturated rings. The summed E-state index contributed by atoms with van der Waals surface area (Å²) in [5.41, 5.74) is 0.684. The summed E-state index contributed by atoms with van der Waals surface area (Å²) in [5.74, 6) is -0.111. The summed E-state index contributed by atoms with van der Waals surface area (Å²) >= 11 is 0. The fourth-order valence-corrected chi connectivity index (χ4v) is 4.49. The van der Waals surface area contributed by atoms with Crippen LogP contribution < -0.4 is 14.8 Å². The lowest BCUT2D eigenvalue weighted by molar-refractivity contribution is -0.274. The highest BCUT2D eigenvalue weighted by Gasteiger charge is 2.32. The molecule has 2 aromatic rings. The van der Waals surface area contributed by atoms with Crippen LogP contribution in [0.1, 0.15) is 25.1 Å². The number of amides is 1. The lowest BCUT2D eigenvalue weighted by Crippen LogP contribution is -2.34. The van der Waals surface area contributed by atoms with E-state index < -0.39 is 28.2 Å². The maximum atomic E-state index is 12.8. The van der Waals surface area contributed by atoms with Gasteiger partial charge >= 0.3 is 12.5 Å².